The number of nitrogens with two attached hydrogens (primary N) is 1. The van der Waals surface area contributed by atoms with E-state index in [2.05, 4.69) is 5.32 Å². The van der Waals surface area contributed by atoms with Crippen LogP contribution in [0.4, 0.5) is 0 Å². The molecule has 0 aliphatic heterocycles. The van der Waals surface area contributed by atoms with Crippen LogP contribution in [0, 0.1) is 0 Å². The van der Waals surface area contributed by atoms with Crippen LogP contribution in [0.25, 0.3) is 0 Å². The predicted molar refractivity (Wildman–Crippen MR) is 87.1 cm³/mol. The summed E-state index contributed by atoms with van der Waals surface area (Å²) >= 11 is 5.10. The molecular formula is C15H22N2O3S. The SMILES string of the molecule is CCC(CC)(NC(=O)c1ccc(OC)c(OC)c1)C(N)=S. The van der Waals surface area contributed by atoms with E-state index in [-0.39, 0.29) is 5.91 Å². The summed E-state index contributed by atoms with van der Waals surface area (Å²) in [6.45, 7) is 3.88. The first-order valence-electron chi connectivity index (χ1n) is 6.78. The molecule has 0 bridgehead atoms. The van der Waals surface area contributed by atoms with Crippen LogP contribution in [-0.4, -0.2) is 30.7 Å². The van der Waals surface area contributed by atoms with Gasteiger partial charge >= 0.3 is 0 Å². The molecule has 0 atom stereocenters. The summed E-state index contributed by atoms with van der Waals surface area (Å²) in [5, 5.41) is 2.93. The first kappa shape index (κ1) is 17.2. The van der Waals surface area contributed by atoms with Gasteiger partial charge in [-0.05, 0) is 31.0 Å². The molecule has 0 aliphatic rings. The Morgan fingerprint density at radius 1 is 1.24 bits per heavy atom. The molecule has 0 radical (unpaired) electrons. The van der Waals surface area contributed by atoms with Crippen molar-refractivity contribution in [2.75, 3.05) is 14.2 Å². The van der Waals surface area contributed by atoms with E-state index in [1.165, 1.54) is 7.11 Å². The lowest BCUT2D eigenvalue weighted by molar-refractivity contribution is 0.0919. The molecule has 1 amide bonds. The Kier molecular flexibility index (Phi) is 5.96. The van der Waals surface area contributed by atoms with Crippen LogP contribution in [-0.2, 0) is 0 Å². The van der Waals surface area contributed by atoms with E-state index in [1.54, 1.807) is 25.3 Å². The van der Waals surface area contributed by atoms with Crippen molar-refractivity contribution < 1.29 is 14.3 Å². The monoisotopic (exact) mass is 310 g/mol. The van der Waals surface area contributed by atoms with Gasteiger partial charge in [0.2, 0.25) is 0 Å². The third-order valence-electron chi connectivity index (χ3n) is 3.68. The molecule has 0 spiro atoms. The Morgan fingerprint density at radius 3 is 2.24 bits per heavy atom. The molecule has 1 aromatic carbocycles. The van der Waals surface area contributed by atoms with Gasteiger partial charge in [-0.15, -0.1) is 0 Å². The molecule has 0 saturated heterocycles. The van der Waals surface area contributed by atoms with Crippen molar-refractivity contribution in [3.63, 3.8) is 0 Å². The van der Waals surface area contributed by atoms with Gasteiger partial charge in [-0.2, -0.15) is 0 Å². The third-order valence-corrected chi connectivity index (χ3v) is 4.07. The van der Waals surface area contributed by atoms with Gasteiger partial charge in [0.05, 0.1) is 24.7 Å². The van der Waals surface area contributed by atoms with Gasteiger partial charge in [-0.3, -0.25) is 4.79 Å². The molecular weight excluding hydrogens is 288 g/mol. The zero-order valence-electron chi connectivity index (χ0n) is 12.9. The van der Waals surface area contributed by atoms with Crippen LogP contribution < -0.4 is 20.5 Å². The smallest absolute Gasteiger partial charge is 0.252 e. The maximum absolute atomic E-state index is 12.4. The first-order chi connectivity index (χ1) is 9.93. The number of methoxy groups -OCH3 is 2. The summed E-state index contributed by atoms with van der Waals surface area (Å²) in [4.78, 5) is 12.7. The standard InChI is InChI=1S/C15H22N2O3S/c1-5-15(6-2,14(16)21)17-13(18)10-7-8-11(19-3)12(9-10)20-4/h7-9H,5-6H2,1-4H3,(H2,16,21)(H,17,18). The van der Waals surface area contributed by atoms with Crippen LogP contribution in [0.1, 0.15) is 37.0 Å². The fourth-order valence-electron chi connectivity index (χ4n) is 2.10. The number of hydrogen-bond donors (Lipinski definition) is 2. The van der Waals surface area contributed by atoms with Crippen LogP contribution in [0.2, 0.25) is 0 Å². The quantitative estimate of drug-likeness (QED) is 0.756. The van der Waals surface area contributed by atoms with Crippen LogP contribution in [0.15, 0.2) is 18.2 Å². The molecule has 116 valence electrons. The highest BCUT2D eigenvalue weighted by Gasteiger charge is 2.31. The fraction of sp³-hybridized carbons (Fsp3) is 0.467. The molecule has 5 nitrogen and oxygen atoms in total. The number of carbonyl (C=O) groups excluding carboxylic acids is 1. The molecule has 0 aromatic heterocycles. The second-order valence-corrected chi connectivity index (χ2v) is 5.12. The zero-order chi connectivity index (χ0) is 16.0. The summed E-state index contributed by atoms with van der Waals surface area (Å²) in [7, 11) is 3.07. The predicted octanol–water partition coefficient (Wildman–Crippen LogP) is 2.28. The third kappa shape index (κ3) is 3.64. The molecule has 0 heterocycles. The van der Waals surface area contributed by atoms with Crippen molar-refractivity contribution >= 4 is 23.1 Å². The van der Waals surface area contributed by atoms with Gasteiger partial charge in [0, 0.05) is 5.56 Å². The number of thiocarbonyl (C=S) groups is 1. The van der Waals surface area contributed by atoms with Crippen molar-refractivity contribution in [3.05, 3.63) is 23.8 Å². The van der Waals surface area contributed by atoms with Gasteiger partial charge < -0.3 is 20.5 Å². The van der Waals surface area contributed by atoms with E-state index in [4.69, 9.17) is 27.4 Å². The normalized spacial score (nSPS) is 10.9. The Balaban J connectivity index is 3.06. The molecule has 0 aliphatic carbocycles. The molecule has 3 N–H and O–H groups in total. The number of rotatable bonds is 7. The Hall–Kier alpha value is -1.82. The van der Waals surface area contributed by atoms with E-state index in [0.717, 1.165) is 0 Å². The number of nitrogens with one attached hydrogen (secondary N) is 1. The van der Waals surface area contributed by atoms with Crippen LogP contribution in [0.5, 0.6) is 11.5 Å². The molecule has 0 unspecified atom stereocenters. The molecule has 1 rings (SSSR count). The van der Waals surface area contributed by atoms with Crippen LogP contribution >= 0.6 is 12.2 Å². The van der Waals surface area contributed by atoms with Crippen molar-refractivity contribution in [1.82, 2.24) is 5.32 Å². The number of hydrogen-bond acceptors (Lipinski definition) is 4. The van der Waals surface area contributed by atoms with Gasteiger partial charge in [-0.25, -0.2) is 0 Å². The van der Waals surface area contributed by atoms with Crippen LogP contribution in [0.3, 0.4) is 0 Å². The summed E-state index contributed by atoms with van der Waals surface area (Å²) in [6, 6.07) is 4.99. The van der Waals surface area contributed by atoms with E-state index < -0.39 is 5.54 Å². The number of ether oxygens (including phenoxy) is 2. The summed E-state index contributed by atoms with van der Waals surface area (Å²) < 4.78 is 10.4. The molecule has 1 aromatic rings. The maximum atomic E-state index is 12.4. The summed E-state index contributed by atoms with van der Waals surface area (Å²) in [5.41, 5.74) is 5.59. The first-order valence-corrected chi connectivity index (χ1v) is 7.19. The topological polar surface area (TPSA) is 73.6 Å². The van der Waals surface area contributed by atoms with Crippen molar-refractivity contribution in [2.45, 2.75) is 32.2 Å². The highest BCUT2D eigenvalue weighted by Crippen LogP contribution is 2.28. The lowest BCUT2D eigenvalue weighted by atomic mass is 9.92. The Bertz CT molecular complexity index is 528. The molecule has 21 heavy (non-hydrogen) atoms. The van der Waals surface area contributed by atoms with Crippen molar-refractivity contribution in [1.29, 1.82) is 0 Å². The minimum Gasteiger partial charge on any atom is -0.493 e. The summed E-state index contributed by atoms with van der Waals surface area (Å²) in [6.07, 6.45) is 1.27. The molecule has 0 fully saturated rings. The van der Waals surface area contributed by atoms with E-state index in [9.17, 15) is 4.79 Å². The number of amides is 1. The van der Waals surface area contributed by atoms with Gasteiger partial charge in [0.15, 0.2) is 11.5 Å². The zero-order valence-corrected chi connectivity index (χ0v) is 13.7. The van der Waals surface area contributed by atoms with Gasteiger partial charge in [0.25, 0.3) is 5.91 Å². The van der Waals surface area contributed by atoms with Gasteiger partial charge in [-0.1, -0.05) is 26.1 Å². The maximum Gasteiger partial charge on any atom is 0.252 e. The van der Waals surface area contributed by atoms with Crippen molar-refractivity contribution in [2.24, 2.45) is 5.73 Å². The van der Waals surface area contributed by atoms with E-state index in [0.29, 0.717) is 34.9 Å². The largest absolute Gasteiger partial charge is 0.493 e. The minimum absolute atomic E-state index is 0.243. The highest BCUT2D eigenvalue weighted by molar-refractivity contribution is 7.80. The number of benzene rings is 1. The second-order valence-electron chi connectivity index (χ2n) is 4.68. The average molecular weight is 310 g/mol. The highest BCUT2D eigenvalue weighted by atomic mass is 32.1. The van der Waals surface area contributed by atoms with E-state index >= 15 is 0 Å². The Morgan fingerprint density at radius 2 is 1.81 bits per heavy atom. The summed E-state index contributed by atoms with van der Waals surface area (Å²) in [5.74, 6) is 0.826. The lowest BCUT2D eigenvalue weighted by Gasteiger charge is -2.31. The minimum atomic E-state index is -0.667. The van der Waals surface area contributed by atoms with Crippen molar-refractivity contribution in [3.8, 4) is 11.5 Å². The lowest BCUT2D eigenvalue weighted by Crippen LogP contribution is -2.55. The van der Waals surface area contributed by atoms with Gasteiger partial charge in [0.1, 0.15) is 0 Å². The fourth-order valence-corrected chi connectivity index (χ4v) is 2.44. The average Bonchev–Trinajstić information content (AvgIpc) is 2.51. The second kappa shape index (κ2) is 7.26. The molecule has 6 heteroatoms. The van der Waals surface area contributed by atoms with E-state index in [1.807, 2.05) is 13.8 Å². The Labute approximate surface area is 130 Å². The molecule has 0 saturated carbocycles. The number of carbonyl (C=O) groups is 1.